The average molecular weight is 246 g/mol. The number of hydrogen-bond acceptors (Lipinski definition) is 2. The van der Waals surface area contributed by atoms with Crippen LogP contribution >= 0.6 is 0 Å². The second-order valence-corrected chi connectivity index (χ2v) is 4.21. The Kier molecular flexibility index (Phi) is 3.03. The Morgan fingerprint density at radius 2 is 2.00 bits per heavy atom. The van der Waals surface area contributed by atoms with E-state index < -0.39 is 17.8 Å². The number of alkyl halides is 3. The molecule has 0 amide bonds. The van der Waals surface area contributed by atoms with Crippen molar-refractivity contribution in [3.63, 3.8) is 0 Å². The molecule has 0 radical (unpaired) electrons. The van der Waals surface area contributed by atoms with E-state index in [1.165, 1.54) is 19.2 Å². The molecule has 0 bridgehead atoms. The molecule has 94 valence electrons. The quantitative estimate of drug-likeness (QED) is 0.887. The maximum atomic E-state index is 12.7. The van der Waals surface area contributed by atoms with Gasteiger partial charge in [0.25, 0.3) is 0 Å². The minimum Gasteiger partial charge on any atom is -0.496 e. The van der Waals surface area contributed by atoms with Gasteiger partial charge in [-0.1, -0.05) is 12.1 Å². The molecule has 1 aromatic carbocycles. The molecule has 0 aromatic heterocycles. The van der Waals surface area contributed by atoms with E-state index in [1.54, 1.807) is 0 Å². The summed E-state index contributed by atoms with van der Waals surface area (Å²) >= 11 is 0. The van der Waals surface area contributed by atoms with Crippen LogP contribution in [0.4, 0.5) is 13.2 Å². The van der Waals surface area contributed by atoms with Gasteiger partial charge in [-0.05, 0) is 24.8 Å². The number of rotatable bonds is 3. The summed E-state index contributed by atoms with van der Waals surface area (Å²) < 4.78 is 43.0. The highest BCUT2D eigenvalue weighted by Crippen LogP contribution is 2.46. The lowest BCUT2D eigenvalue weighted by Gasteiger charge is -2.18. The second-order valence-electron chi connectivity index (χ2n) is 4.21. The molecule has 0 heterocycles. The van der Waals surface area contributed by atoms with Gasteiger partial charge in [0.05, 0.1) is 18.8 Å². The van der Waals surface area contributed by atoms with E-state index in [-0.39, 0.29) is 17.2 Å². The highest BCUT2D eigenvalue weighted by Gasteiger charge is 2.38. The zero-order valence-corrected chi connectivity index (χ0v) is 9.29. The molecule has 5 heteroatoms. The van der Waals surface area contributed by atoms with Gasteiger partial charge in [-0.25, -0.2) is 0 Å². The number of aliphatic hydroxyl groups excluding tert-OH is 1. The van der Waals surface area contributed by atoms with E-state index in [2.05, 4.69) is 0 Å². The summed E-state index contributed by atoms with van der Waals surface area (Å²) in [5, 5.41) is 9.92. The first-order valence-electron chi connectivity index (χ1n) is 5.37. The first-order chi connectivity index (χ1) is 7.95. The minimum absolute atomic E-state index is 0.0624. The van der Waals surface area contributed by atoms with Gasteiger partial charge in [0.2, 0.25) is 0 Å². The zero-order chi connectivity index (χ0) is 12.6. The summed E-state index contributed by atoms with van der Waals surface area (Å²) in [6.45, 7) is 0. The van der Waals surface area contributed by atoms with Crippen LogP contribution in [0.5, 0.6) is 5.75 Å². The van der Waals surface area contributed by atoms with Crippen LogP contribution in [0.25, 0.3) is 0 Å². The summed E-state index contributed by atoms with van der Waals surface area (Å²) in [5.74, 6) is -0.202. The summed E-state index contributed by atoms with van der Waals surface area (Å²) in [7, 11) is 1.19. The SMILES string of the molecule is COc1c(C(O)C2CC2)cccc1C(F)(F)F. The molecule has 2 nitrogen and oxygen atoms in total. The van der Waals surface area contributed by atoms with Crippen molar-refractivity contribution in [3.05, 3.63) is 29.3 Å². The number of ether oxygens (including phenoxy) is 1. The van der Waals surface area contributed by atoms with Crippen molar-refractivity contribution in [3.8, 4) is 5.75 Å². The average Bonchev–Trinajstić information content (AvgIpc) is 3.09. The number of methoxy groups -OCH3 is 1. The number of benzene rings is 1. The fourth-order valence-electron chi connectivity index (χ4n) is 1.90. The van der Waals surface area contributed by atoms with E-state index in [0.717, 1.165) is 18.9 Å². The Bertz CT molecular complexity index is 411. The highest BCUT2D eigenvalue weighted by atomic mass is 19.4. The Balaban J connectivity index is 2.45. The van der Waals surface area contributed by atoms with Crippen molar-refractivity contribution in [2.45, 2.75) is 25.1 Å². The van der Waals surface area contributed by atoms with Gasteiger partial charge < -0.3 is 9.84 Å². The molecule has 1 atom stereocenters. The third-order valence-electron chi connectivity index (χ3n) is 2.94. The lowest BCUT2D eigenvalue weighted by Crippen LogP contribution is -2.11. The maximum absolute atomic E-state index is 12.7. The third-order valence-corrected chi connectivity index (χ3v) is 2.94. The van der Waals surface area contributed by atoms with Crippen LogP contribution < -0.4 is 4.74 Å². The Morgan fingerprint density at radius 1 is 1.35 bits per heavy atom. The van der Waals surface area contributed by atoms with E-state index in [4.69, 9.17) is 4.74 Å². The molecular formula is C12H13F3O2. The molecule has 0 saturated heterocycles. The van der Waals surface area contributed by atoms with Crippen LogP contribution in [0.3, 0.4) is 0 Å². The van der Waals surface area contributed by atoms with Gasteiger partial charge >= 0.3 is 6.18 Å². The molecule has 1 fully saturated rings. The largest absolute Gasteiger partial charge is 0.496 e. The Morgan fingerprint density at radius 3 is 2.47 bits per heavy atom. The van der Waals surface area contributed by atoms with Crippen LogP contribution in [-0.2, 0) is 6.18 Å². The summed E-state index contributed by atoms with van der Waals surface area (Å²) in [6.07, 6.45) is -3.64. The molecule has 1 aromatic rings. The molecule has 1 unspecified atom stereocenters. The molecule has 17 heavy (non-hydrogen) atoms. The number of aliphatic hydroxyl groups is 1. The Labute approximate surface area is 97.0 Å². The van der Waals surface area contributed by atoms with Crippen molar-refractivity contribution in [1.82, 2.24) is 0 Å². The molecule has 1 N–H and O–H groups in total. The lowest BCUT2D eigenvalue weighted by atomic mass is 10.0. The van der Waals surface area contributed by atoms with Crippen molar-refractivity contribution in [2.75, 3.05) is 7.11 Å². The van der Waals surface area contributed by atoms with Crippen molar-refractivity contribution < 1.29 is 23.0 Å². The van der Waals surface area contributed by atoms with Crippen LogP contribution in [0.1, 0.15) is 30.1 Å². The molecular weight excluding hydrogens is 233 g/mol. The summed E-state index contributed by atoms with van der Waals surface area (Å²) in [6, 6.07) is 3.74. The monoisotopic (exact) mass is 246 g/mol. The topological polar surface area (TPSA) is 29.5 Å². The molecule has 1 saturated carbocycles. The van der Waals surface area contributed by atoms with Crippen molar-refractivity contribution >= 4 is 0 Å². The Hall–Kier alpha value is -1.23. The van der Waals surface area contributed by atoms with Crippen LogP contribution in [0.15, 0.2) is 18.2 Å². The first kappa shape index (κ1) is 12.2. The molecule has 2 rings (SSSR count). The fourth-order valence-corrected chi connectivity index (χ4v) is 1.90. The molecule has 0 spiro atoms. The fraction of sp³-hybridized carbons (Fsp3) is 0.500. The lowest BCUT2D eigenvalue weighted by molar-refractivity contribution is -0.138. The normalized spacial score (nSPS) is 17.9. The minimum atomic E-state index is -4.47. The molecule has 1 aliphatic carbocycles. The van der Waals surface area contributed by atoms with Crippen molar-refractivity contribution in [1.29, 1.82) is 0 Å². The van der Waals surface area contributed by atoms with Crippen LogP contribution in [-0.4, -0.2) is 12.2 Å². The number of hydrogen-bond donors (Lipinski definition) is 1. The van der Waals surface area contributed by atoms with Gasteiger partial charge in [-0.3, -0.25) is 0 Å². The van der Waals surface area contributed by atoms with Gasteiger partial charge in [-0.2, -0.15) is 13.2 Å². The van der Waals surface area contributed by atoms with Gasteiger partial charge in [-0.15, -0.1) is 0 Å². The van der Waals surface area contributed by atoms with E-state index in [1.807, 2.05) is 0 Å². The zero-order valence-electron chi connectivity index (χ0n) is 9.29. The van der Waals surface area contributed by atoms with Gasteiger partial charge in [0, 0.05) is 5.56 Å². The van der Waals surface area contributed by atoms with E-state index in [0.29, 0.717) is 0 Å². The van der Waals surface area contributed by atoms with E-state index >= 15 is 0 Å². The second kappa shape index (κ2) is 4.22. The predicted molar refractivity (Wildman–Crippen MR) is 55.7 cm³/mol. The molecule has 0 aliphatic heterocycles. The van der Waals surface area contributed by atoms with E-state index in [9.17, 15) is 18.3 Å². The van der Waals surface area contributed by atoms with Gasteiger partial charge in [0.15, 0.2) is 0 Å². The van der Waals surface area contributed by atoms with Gasteiger partial charge in [0.1, 0.15) is 5.75 Å². The van der Waals surface area contributed by atoms with Crippen LogP contribution in [0, 0.1) is 5.92 Å². The third kappa shape index (κ3) is 2.39. The maximum Gasteiger partial charge on any atom is 0.419 e. The summed E-state index contributed by atoms with van der Waals surface area (Å²) in [5.41, 5.74) is -0.609. The molecule has 1 aliphatic rings. The summed E-state index contributed by atoms with van der Waals surface area (Å²) in [4.78, 5) is 0. The number of para-hydroxylation sites is 1. The van der Waals surface area contributed by atoms with Crippen molar-refractivity contribution in [2.24, 2.45) is 5.92 Å². The highest BCUT2D eigenvalue weighted by molar-refractivity contribution is 5.44. The number of halogens is 3. The van der Waals surface area contributed by atoms with Crippen LogP contribution in [0.2, 0.25) is 0 Å². The smallest absolute Gasteiger partial charge is 0.419 e. The predicted octanol–water partition coefficient (Wildman–Crippen LogP) is 3.16. The first-order valence-corrected chi connectivity index (χ1v) is 5.37. The standard InChI is InChI=1S/C12H13F3O2/c1-17-11-8(10(16)7-5-6-7)3-2-4-9(11)12(13,14)15/h2-4,7,10,16H,5-6H2,1H3.